The number of halogens is 2. The van der Waals surface area contributed by atoms with E-state index in [1.807, 2.05) is 27.7 Å². The molecule has 0 saturated heterocycles. The van der Waals surface area contributed by atoms with Gasteiger partial charge in [0.05, 0.1) is 0 Å². The van der Waals surface area contributed by atoms with E-state index in [0.29, 0.717) is 24.8 Å². The molecule has 1 aliphatic rings. The molecule has 1 aromatic rings. The molecule has 1 aromatic carbocycles. The third-order valence-corrected chi connectivity index (χ3v) is 4.17. The molecule has 0 aromatic heterocycles. The number of esters is 1. The van der Waals surface area contributed by atoms with Gasteiger partial charge in [0.2, 0.25) is 0 Å². The molecule has 0 bridgehead atoms. The summed E-state index contributed by atoms with van der Waals surface area (Å²) in [7, 11) is 0. The SMILES string of the molecule is CCC[C@H](N[C@H]1CCc2cc(F)cc(F)c2C1)C(=O)OC(C)(C)C. The van der Waals surface area contributed by atoms with Gasteiger partial charge in [-0.05, 0) is 63.6 Å². The van der Waals surface area contributed by atoms with Crippen molar-refractivity contribution in [2.45, 2.75) is 77.5 Å². The van der Waals surface area contributed by atoms with Crippen molar-refractivity contribution in [3.05, 3.63) is 34.9 Å². The Kier molecular flexibility index (Phi) is 5.97. The fraction of sp³-hybridized carbons (Fsp3) is 0.632. The number of carbonyl (C=O) groups excluding carboxylic acids is 1. The van der Waals surface area contributed by atoms with Gasteiger partial charge in [-0.2, -0.15) is 0 Å². The molecule has 2 atom stereocenters. The van der Waals surface area contributed by atoms with Crippen molar-refractivity contribution >= 4 is 5.97 Å². The second-order valence-electron chi connectivity index (χ2n) is 7.51. The van der Waals surface area contributed by atoms with E-state index >= 15 is 0 Å². The van der Waals surface area contributed by atoms with Crippen LogP contribution in [0.4, 0.5) is 8.78 Å². The van der Waals surface area contributed by atoms with Crippen molar-refractivity contribution in [1.82, 2.24) is 5.32 Å². The van der Waals surface area contributed by atoms with E-state index in [9.17, 15) is 13.6 Å². The highest BCUT2D eigenvalue weighted by atomic mass is 19.1. The smallest absolute Gasteiger partial charge is 0.323 e. The van der Waals surface area contributed by atoms with Crippen LogP contribution in [0.2, 0.25) is 0 Å². The van der Waals surface area contributed by atoms with E-state index in [1.54, 1.807) is 0 Å². The summed E-state index contributed by atoms with van der Waals surface area (Å²) in [6, 6.07) is 1.93. The summed E-state index contributed by atoms with van der Waals surface area (Å²) in [5, 5.41) is 3.33. The summed E-state index contributed by atoms with van der Waals surface area (Å²) >= 11 is 0. The first-order chi connectivity index (χ1) is 11.2. The van der Waals surface area contributed by atoms with Crippen LogP contribution in [-0.4, -0.2) is 23.7 Å². The Morgan fingerprint density at radius 2 is 2.08 bits per heavy atom. The van der Waals surface area contributed by atoms with Crippen molar-refractivity contribution in [2.24, 2.45) is 0 Å². The largest absolute Gasteiger partial charge is 0.459 e. The van der Waals surface area contributed by atoms with Crippen LogP contribution in [0.3, 0.4) is 0 Å². The standard InChI is InChI=1S/C19H27F2NO2/c1-5-6-17(18(23)24-19(2,3)4)22-14-8-7-12-9-13(20)10-16(21)15(12)11-14/h9-10,14,17,22H,5-8,11H2,1-4H3/t14-,17-/m0/s1. The minimum atomic E-state index is -0.534. The molecule has 0 heterocycles. The van der Waals surface area contributed by atoms with Gasteiger partial charge in [0.25, 0.3) is 0 Å². The number of hydrogen-bond donors (Lipinski definition) is 1. The number of aryl methyl sites for hydroxylation is 1. The van der Waals surface area contributed by atoms with Gasteiger partial charge in [-0.3, -0.25) is 4.79 Å². The monoisotopic (exact) mass is 339 g/mol. The molecule has 0 saturated carbocycles. The van der Waals surface area contributed by atoms with E-state index in [1.165, 1.54) is 6.07 Å². The second-order valence-corrected chi connectivity index (χ2v) is 7.51. The van der Waals surface area contributed by atoms with E-state index in [0.717, 1.165) is 24.5 Å². The summed E-state index contributed by atoms with van der Waals surface area (Å²) in [6.45, 7) is 7.54. The van der Waals surface area contributed by atoms with Gasteiger partial charge >= 0.3 is 5.97 Å². The molecule has 0 spiro atoms. The van der Waals surface area contributed by atoms with Crippen LogP contribution in [0.1, 0.15) is 58.1 Å². The van der Waals surface area contributed by atoms with E-state index in [-0.39, 0.29) is 12.0 Å². The summed E-state index contributed by atoms with van der Waals surface area (Å²) in [4.78, 5) is 12.4. The normalized spacial score (nSPS) is 18.8. The molecule has 0 aliphatic heterocycles. The average Bonchev–Trinajstić information content (AvgIpc) is 2.45. The maximum atomic E-state index is 14.0. The molecule has 0 radical (unpaired) electrons. The van der Waals surface area contributed by atoms with Crippen LogP contribution in [-0.2, 0) is 22.4 Å². The van der Waals surface area contributed by atoms with E-state index < -0.39 is 23.3 Å². The fourth-order valence-electron chi connectivity index (χ4n) is 3.14. The molecule has 3 nitrogen and oxygen atoms in total. The van der Waals surface area contributed by atoms with Crippen LogP contribution in [0.25, 0.3) is 0 Å². The maximum Gasteiger partial charge on any atom is 0.323 e. The third-order valence-electron chi connectivity index (χ3n) is 4.17. The Morgan fingerprint density at radius 3 is 2.71 bits per heavy atom. The molecular weight excluding hydrogens is 312 g/mol. The lowest BCUT2D eigenvalue weighted by Crippen LogP contribution is -2.48. The molecule has 1 aliphatic carbocycles. The molecule has 5 heteroatoms. The summed E-state index contributed by atoms with van der Waals surface area (Å²) in [6.07, 6.45) is 3.34. The van der Waals surface area contributed by atoms with E-state index in [4.69, 9.17) is 4.74 Å². The molecule has 2 rings (SSSR count). The Morgan fingerprint density at radius 1 is 1.38 bits per heavy atom. The minimum absolute atomic E-state index is 0.0125. The molecule has 24 heavy (non-hydrogen) atoms. The highest BCUT2D eigenvalue weighted by Gasteiger charge is 2.29. The number of nitrogens with one attached hydrogen (secondary N) is 1. The predicted octanol–water partition coefficient (Wildman–Crippen LogP) is 3.92. The first-order valence-corrected chi connectivity index (χ1v) is 8.65. The zero-order valence-electron chi connectivity index (χ0n) is 14.9. The van der Waals surface area contributed by atoms with Crippen LogP contribution < -0.4 is 5.32 Å². The Labute approximate surface area is 142 Å². The first-order valence-electron chi connectivity index (χ1n) is 8.65. The van der Waals surface area contributed by atoms with Gasteiger partial charge in [-0.15, -0.1) is 0 Å². The highest BCUT2D eigenvalue weighted by Crippen LogP contribution is 2.26. The molecule has 0 amide bonds. The maximum absolute atomic E-state index is 14.0. The van der Waals surface area contributed by atoms with Gasteiger partial charge in [0, 0.05) is 12.1 Å². The Balaban J connectivity index is 2.07. The van der Waals surface area contributed by atoms with Gasteiger partial charge in [0.1, 0.15) is 23.3 Å². The zero-order chi connectivity index (χ0) is 17.9. The molecule has 1 N–H and O–H groups in total. The third kappa shape index (κ3) is 5.00. The minimum Gasteiger partial charge on any atom is -0.459 e. The fourth-order valence-corrected chi connectivity index (χ4v) is 3.14. The number of carbonyl (C=O) groups is 1. The topological polar surface area (TPSA) is 38.3 Å². The Hall–Kier alpha value is -1.49. The lowest BCUT2D eigenvalue weighted by atomic mass is 9.87. The van der Waals surface area contributed by atoms with Crippen LogP contribution in [0.5, 0.6) is 0 Å². The van der Waals surface area contributed by atoms with Crippen LogP contribution in [0.15, 0.2) is 12.1 Å². The average molecular weight is 339 g/mol. The number of benzene rings is 1. The molecular formula is C19H27F2NO2. The summed E-state index contributed by atoms with van der Waals surface area (Å²) < 4.78 is 32.8. The quantitative estimate of drug-likeness (QED) is 0.826. The summed E-state index contributed by atoms with van der Waals surface area (Å²) in [5.74, 6) is -1.30. The lowest BCUT2D eigenvalue weighted by molar-refractivity contribution is -0.158. The lowest BCUT2D eigenvalue weighted by Gasteiger charge is -2.31. The molecule has 134 valence electrons. The molecule has 0 fully saturated rings. The van der Waals surface area contributed by atoms with Gasteiger partial charge < -0.3 is 10.1 Å². The number of ether oxygens (including phenoxy) is 1. The second kappa shape index (κ2) is 7.60. The first kappa shape index (κ1) is 18.8. The molecule has 0 unspecified atom stereocenters. The number of hydrogen-bond acceptors (Lipinski definition) is 3. The van der Waals surface area contributed by atoms with Crippen molar-refractivity contribution in [2.75, 3.05) is 0 Å². The number of rotatable bonds is 5. The highest BCUT2D eigenvalue weighted by molar-refractivity contribution is 5.76. The predicted molar refractivity (Wildman–Crippen MR) is 89.8 cm³/mol. The zero-order valence-corrected chi connectivity index (χ0v) is 14.9. The van der Waals surface area contributed by atoms with Crippen molar-refractivity contribution in [3.63, 3.8) is 0 Å². The summed E-state index contributed by atoms with van der Waals surface area (Å²) in [5.41, 5.74) is 0.752. The van der Waals surface area contributed by atoms with Crippen LogP contribution >= 0.6 is 0 Å². The van der Waals surface area contributed by atoms with Crippen molar-refractivity contribution in [1.29, 1.82) is 0 Å². The van der Waals surface area contributed by atoms with Gasteiger partial charge in [-0.25, -0.2) is 8.78 Å². The van der Waals surface area contributed by atoms with E-state index in [2.05, 4.69) is 5.32 Å². The van der Waals surface area contributed by atoms with Crippen molar-refractivity contribution in [3.8, 4) is 0 Å². The van der Waals surface area contributed by atoms with Crippen LogP contribution in [0, 0.1) is 11.6 Å². The Bertz CT molecular complexity index is 596. The van der Waals surface area contributed by atoms with Gasteiger partial charge in [-0.1, -0.05) is 13.3 Å². The number of fused-ring (bicyclic) bond motifs is 1. The van der Waals surface area contributed by atoms with Crippen molar-refractivity contribution < 1.29 is 18.3 Å². The van der Waals surface area contributed by atoms with Gasteiger partial charge in [0.15, 0.2) is 0 Å².